The van der Waals surface area contributed by atoms with Crippen LogP contribution < -0.4 is 14.8 Å². The summed E-state index contributed by atoms with van der Waals surface area (Å²) in [4.78, 5) is 20.4. The topological polar surface area (TPSA) is 73.3 Å². The summed E-state index contributed by atoms with van der Waals surface area (Å²) in [6, 6.07) is 15.7. The van der Waals surface area contributed by atoms with Crippen LogP contribution in [0.15, 0.2) is 60.9 Å². The van der Waals surface area contributed by atoms with Crippen molar-refractivity contribution in [3.05, 3.63) is 72.2 Å². The van der Waals surface area contributed by atoms with Crippen LogP contribution in [0.3, 0.4) is 0 Å². The van der Waals surface area contributed by atoms with E-state index in [1.54, 1.807) is 49.6 Å². The summed E-state index contributed by atoms with van der Waals surface area (Å²) in [7, 11) is 1.57. The molecule has 1 N–H and O–H groups in total. The summed E-state index contributed by atoms with van der Waals surface area (Å²) in [6.07, 6.45) is 1.49. The molecule has 1 heterocycles. The molecule has 126 valence electrons. The molecule has 0 bridgehead atoms. The third-order valence-electron chi connectivity index (χ3n) is 3.45. The minimum absolute atomic E-state index is 0.433. The molecule has 3 rings (SSSR count). The van der Waals surface area contributed by atoms with Crippen LogP contribution in [0.5, 0.6) is 11.5 Å². The van der Waals surface area contributed by atoms with Crippen LogP contribution in [0.4, 0.5) is 11.5 Å². The normalized spacial score (nSPS) is 10.2. The summed E-state index contributed by atoms with van der Waals surface area (Å²) in [6.45, 7) is 1.89. The van der Waals surface area contributed by atoms with Gasteiger partial charge in [0, 0.05) is 23.5 Å². The molecule has 25 heavy (non-hydrogen) atoms. The Morgan fingerprint density at radius 3 is 2.52 bits per heavy atom. The molecule has 0 saturated heterocycles. The Morgan fingerprint density at radius 2 is 1.80 bits per heavy atom. The lowest BCUT2D eigenvalue weighted by atomic mass is 10.2. The second-order valence-electron chi connectivity index (χ2n) is 5.32. The van der Waals surface area contributed by atoms with E-state index in [0.717, 1.165) is 11.4 Å². The summed E-state index contributed by atoms with van der Waals surface area (Å²) >= 11 is 0. The van der Waals surface area contributed by atoms with Gasteiger partial charge >= 0.3 is 5.97 Å². The highest BCUT2D eigenvalue weighted by Gasteiger charge is 2.09. The van der Waals surface area contributed by atoms with Gasteiger partial charge in [-0.15, -0.1) is 0 Å². The number of carbonyl (C=O) groups is 1. The molecule has 0 aliphatic carbocycles. The highest BCUT2D eigenvalue weighted by atomic mass is 16.5. The van der Waals surface area contributed by atoms with Crippen LogP contribution in [-0.2, 0) is 0 Å². The van der Waals surface area contributed by atoms with E-state index in [9.17, 15) is 4.79 Å². The monoisotopic (exact) mass is 335 g/mol. The van der Waals surface area contributed by atoms with Gasteiger partial charge in [-0.05, 0) is 43.3 Å². The maximum atomic E-state index is 12.2. The molecule has 0 aliphatic rings. The number of nitrogens with zero attached hydrogens (tertiary/aromatic N) is 2. The van der Waals surface area contributed by atoms with Gasteiger partial charge in [0.25, 0.3) is 0 Å². The van der Waals surface area contributed by atoms with Crippen LogP contribution >= 0.6 is 0 Å². The first-order valence-corrected chi connectivity index (χ1v) is 7.66. The Hall–Kier alpha value is -3.41. The zero-order chi connectivity index (χ0) is 17.6. The van der Waals surface area contributed by atoms with Gasteiger partial charge in [-0.2, -0.15) is 0 Å². The van der Waals surface area contributed by atoms with E-state index in [-0.39, 0.29) is 0 Å². The largest absolute Gasteiger partial charge is 0.497 e. The van der Waals surface area contributed by atoms with Crippen molar-refractivity contribution in [2.75, 3.05) is 12.4 Å². The van der Waals surface area contributed by atoms with E-state index in [4.69, 9.17) is 9.47 Å². The van der Waals surface area contributed by atoms with Gasteiger partial charge in [0.2, 0.25) is 0 Å². The fourth-order valence-electron chi connectivity index (χ4n) is 2.20. The minimum Gasteiger partial charge on any atom is -0.497 e. The van der Waals surface area contributed by atoms with E-state index < -0.39 is 5.97 Å². The standard InChI is InChI=1S/C19H17N3O3/c1-13-10-18(21-12-20-13)22-15-4-3-5-17(11-15)25-19(23)14-6-8-16(24-2)9-7-14/h3-12H,1-2H3,(H,20,21,22). The Labute approximate surface area is 145 Å². The number of methoxy groups -OCH3 is 1. The summed E-state index contributed by atoms with van der Waals surface area (Å²) in [5, 5.41) is 3.15. The van der Waals surface area contributed by atoms with Gasteiger partial charge in [0.05, 0.1) is 12.7 Å². The average Bonchev–Trinajstić information content (AvgIpc) is 2.62. The van der Waals surface area contributed by atoms with E-state index in [1.807, 2.05) is 19.1 Å². The maximum absolute atomic E-state index is 12.2. The van der Waals surface area contributed by atoms with Crippen LogP contribution in [0.1, 0.15) is 16.1 Å². The van der Waals surface area contributed by atoms with E-state index in [2.05, 4.69) is 15.3 Å². The molecule has 0 amide bonds. The molecule has 3 aromatic rings. The van der Waals surface area contributed by atoms with Crippen molar-refractivity contribution >= 4 is 17.5 Å². The number of anilines is 2. The van der Waals surface area contributed by atoms with Gasteiger partial charge in [-0.25, -0.2) is 14.8 Å². The molecule has 0 radical (unpaired) electrons. The van der Waals surface area contributed by atoms with Crippen molar-refractivity contribution in [2.24, 2.45) is 0 Å². The van der Waals surface area contributed by atoms with Gasteiger partial charge in [0.1, 0.15) is 23.6 Å². The highest BCUT2D eigenvalue weighted by molar-refractivity contribution is 5.91. The Bertz CT molecular complexity index is 879. The number of benzene rings is 2. The number of hydrogen-bond donors (Lipinski definition) is 1. The maximum Gasteiger partial charge on any atom is 0.343 e. The SMILES string of the molecule is COc1ccc(C(=O)Oc2cccc(Nc3cc(C)ncn3)c2)cc1. The molecule has 0 aliphatic heterocycles. The molecule has 6 heteroatoms. The number of aryl methyl sites for hydroxylation is 1. The number of esters is 1. The second kappa shape index (κ2) is 7.44. The molecule has 0 spiro atoms. The number of nitrogens with one attached hydrogen (secondary N) is 1. The summed E-state index contributed by atoms with van der Waals surface area (Å²) < 4.78 is 10.5. The molecular weight excluding hydrogens is 318 g/mol. The minimum atomic E-state index is -0.433. The van der Waals surface area contributed by atoms with E-state index >= 15 is 0 Å². The zero-order valence-electron chi connectivity index (χ0n) is 13.9. The summed E-state index contributed by atoms with van der Waals surface area (Å²) in [5.74, 6) is 1.36. The van der Waals surface area contributed by atoms with Crippen molar-refractivity contribution in [3.63, 3.8) is 0 Å². The predicted molar refractivity (Wildman–Crippen MR) is 94.4 cm³/mol. The lowest BCUT2D eigenvalue weighted by molar-refractivity contribution is 0.0735. The van der Waals surface area contributed by atoms with Crippen molar-refractivity contribution in [3.8, 4) is 11.5 Å². The molecular formula is C19H17N3O3. The van der Waals surface area contributed by atoms with Crippen LogP contribution in [-0.4, -0.2) is 23.0 Å². The molecule has 1 aromatic heterocycles. The molecule has 6 nitrogen and oxygen atoms in total. The average molecular weight is 335 g/mol. The third-order valence-corrected chi connectivity index (χ3v) is 3.45. The summed E-state index contributed by atoms with van der Waals surface area (Å²) in [5.41, 5.74) is 2.07. The molecule has 0 fully saturated rings. The zero-order valence-corrected chi connectivity index (χ0v) is 13.9. The number of rotatable bonds is 5. The second-order valence-corrected chi connectivity index (χ2v) is 5.32. The Morgan fingerprint density at radius 1 is 1.00 bits per heavy atom. The fraction of sp³-hybridized carbons (Fsp3) is 0.105. The highest BCUT2D eigenvalue weighted by Crippen LogP contribution is 2.22. The smallest absolute Gasteiger partial charge is 0.343 e. The molecule has 0 unspecified atom stereocenters. The number of ether oxygens (including phenoxy) is 2. The first kappa shape index (κ1) is 16.4. The lowest BCUT2D eigenvalue weighted by Gasteiger charge is -2.09. The van der Waals surface area contributed by atoms with Crippen molar-refractivity contribution < 1.29 is 14.3 Å². The fourth-order valence-corrected chi connectivity index (χ4v) is 2.20. The number of carbonyl (C=O) groups excluding carboxylic acids is 1. The molecule has 0 atom stereocenters. The van der Waals surface area contributed by atoms with Gasteiger partial charge in [0.15, 0.2) is 0 Å². The van der Waals surface area contributed by atoms with Gasteiger partial charge in [-0.3, -0.25) is 0 Å². The Kier molecular flexibility index (Phi) is 4.89. The van der Waals surface area contributed by atoms with Crippen LogP contribution in [0.2, 0.25) is 0 Å². The van der Waals surface area contributed by atoms with Gasteiger partial charge < -0.3 is 14.8 Å². The lowest BCUT2D eigenvalue weighted by Crippen LogP contribution is -2.08. The molecule has 0 saturated carbocycles. The van der Waals surface area contributed by atoms with Gasteiger partial charge in [-0.1, -0.05) is 6.07 Å². The quantitative estimate of drug-likeness (QED) is 0.565. The van der Waals surface area contributed by atoms with Crippen molar-refractivity contribution in [1.29, 1.82) is 0 Å². The predicted octanol–water partition coefficient (Wildman–Crippen LogP) is 3.76. The number of hydrogen-bond acceptors (Lipinski definition) is 6. The molecule has 2 aromatic carbocycles. The van der Waals surface area contributed by atoms with E-state index in [1.165, 1.54) is 6.33 Å². The first-order chi connectivity index (χ1) is 12.1. The number of aromatic nitrogens is 2. The Balaban J connectivity index is 1.71. The van der Waals surface area contributed by atoms with Crippen LogP contribution in [0, 0.1) is 6.92 Å². The van der Waals surface area contributed by atoms with Crippen molar-refractivity contribution in [1.82, 2.24) is 9.97 Å². The van der Waals surface area contributed by atoms with Crippen LogP contribution in [0.25, 0.3) is 0 Å². The first-order valence-electron chi connectivity index (χ1n) is 7.66. The third kappa shape index (κ3) is 4.32. The van der Waals surface area contributed by atoms with E-state index in [0.29, 0.717) is 22.9 Å². The van der Waals surface area contributed by atoms with Crippen molar-refractivity contribution in [2.45, 2.75) is 6.92 Å².